The van der Waals surface area contributed by atoms with E-state index in [9.17, 15) is 4.79 Å². The first-order valence-electron chi connectivity index (χ1n) is 7.22. The number of benzene rings is 2. The van der Waals surface area contributed by atoms with Crippen molar-refractivity contribution in [3.63, 3.8) is 0 Å². The highest BCUT2D eigenvalue weighted by Crippen LogP contribution is 2.28. The fourth-order valence-corrected chi connectivity index (χ4v) is 2.65. The number of hydrogen-bond donors (Lipinski definition) is 0. The zero-order chi connectivity index (χ0) is 14.7. The molecule has 21 heavy (non-hydrogen) atoms. The van der Waals surface area contributed by atoms with E-state index in [2.05, 4.69) is 12.1 Å². The van der Waals surface area contributed by atoms with Crippen LogP contribution in [-0.2, 0) is 17.6 Å². The normalized spacial score (nSPS) is 16.7. The molecule has 1 aliphatic heterocycles. The van der Waals surface area contributed by atoms with Gasteiger partial charge in [0.15, 0.2) is 0 Å². The molecule has 1 aliphatic rings. The van der Waals surface area contributed by atoms with Crippen LogP contribution in [0.1, 0.15) is 24.5 Å². The summed E-state index contributed by atoms with van der Waals surface area (Å²) in [6.45, 7) is 1.40. The van der Waals surface area contributed by atoms with E-state index in [1.165, 1.54) is 18.1 Å². The molecule has 0 unspecified atom stereocenters. The Labute approximate surface area is 124 Å². The summed E-state index contributed by atoms with van der Waals surface area (Å²) in [7, 11) is 0. The number of para-hydroxylation sites is 1. The molecule has 0 fully saturated rings. The molecule has 2 aromatic rings. The molecular weight excluding hydrogens is 264 g/mol. The van der Waals surface area contributed by atoms with E-state index < -0.39 is 0 Å². The summed E-state index contributed by atoms with van der Waals surface area (Å²) in [5.74, 6) is 1.29. The van der Waals surface area contributed by atoms with Crippen LogP contribution in [0.5, 0.6) is 11.5 Å². The van der Waals surface area contributed by atoms with Gasteiger partial charge in [-0.2, -0.15) is 0 Å². The maximum atomic E-state index is 10.9. The highest BCUT2D eigenvalue weighted by Gasteiger charge is 2.19. The highest BCUT2D eigenvalue weighted by molar-refractivity contribution is 5.69. The minimum absolute atomic E-state index is 0.208. The molecule has 108 valence electrons. The number of fused-ring (bicyclic) bond motifs is 1. The lowest BCUT2D eigenvalue weighted by Crippen LogP contribution is -2.24. The van der Waals surface area contributed by atoms with Crippen LogP contribution in [0.3, 0.4) is 0 Å². The maximum Gasteiger partial charge on any atom is 0.308 e. The van der Waals surface area contributed by atoms with Gasteiger partial charge < -0.3 is 9.47 Å². The van der Waals surface area contributed by atoms with Gasteiger partial charge >= 0.3 is 5.97 Å². The number of carbonyl (C=O) groups is 1. The zero-order valence-electron chi connectivity index (χ0n) is 12.0. The molecule has 0 aliphatic carbocycles. The predicted octanol–water partition coefficient (Wildman–Crippen LogP) is 3.55. The minimum Gasteiger partial charge on any atom is -0.490 e. The van der Waals surface area contributed by atoms with Crippen LogP contribution in [0.2, 0.25) is 0 Å². The number of esters is 1. The van der Waals surface area contributed by atoms with E-state index in [-0.39, 0.29) is 12.1 Å². The molecule has 0 amide bonds. The molecule has 3 nitrogen and oxygen atoms in total. The number of hydrogen-bond acceptors (Lipinski definition) is 3. The van der Waals surface area contributed by atoms with Gasteiger partial charge in [0.1, 0.15) is 17.6 Å². The lowest BCUT2D eigenvalue weighted by atomic mass is 9.98. The average molecular weight is 282 g/mol. The molecule has 1 heterocycles. The van der Waals surface area contributed by atoms with Crippen molar-refractivity contribution in [1.29, 1.82) is 0 Å². The number of ether oxygens (including phenoxy) is 2. The topological polar surface area (TPSA) is 35.5 Å². The van der Waals surface area contributed by atoms with Crippen molar-refractivity contribution < 1.29 is 14.3 Å². The van der Waals surface area contributed by atoms with Gasteiger partial charge in [-0.05, 0) is 42.2 Å². The highest BCUT2D eigenvalue weighted by atomic mass is 16.5. The third-order valence-electron chi connectivity index (χ3n) is 3.65. The monoisotopic (exact) mass is 282 g/mol. The summed E-state index contributed by atoms with van der Waals surface area (Å²) in [5, 5.41) is 0. The maximum absolute atomic E-state index is 10.9. The van der Waals surface area contributed by atoms with Gasteiger partial charge in [-0.3, -0.25) is 4.79 Å². The summed E-state index contributed by atoms with van der Waals surface area (Å²) < 4.78 is 11.1. The Balaban J connectivity index is 1.64. The van der Waals surface area contributed by atoms with E-state index >= 15 is 0 Å². The Hall–Kier alpha value is -2.29. The number of carbonyl (C=O) groups excluding carboxylic acids is 1. The Morgan fingerprint density at radius 2 is 1.95 bits per heavy atom. The van der Waals surface area contributed by atoms with E-state index in [1.807, 2.05) is 36.4 Å². The molecule has 0 N–H and O–H groups in total. The van der Waals surface area contributed by atoms with Gasteiger partial charge in [-0.1, -0.05) is 30.3 Å². The van der Waals surface area contributed by atoms with Crippen LogP contribution >= 0.6 is 0 Å². The van der Waals surface area contributed by atoms with Crippen molar-refractivity contribution in [3.05, 3.63) is 59.7 Å². The van der Waals surface area contributed by atoms with Gasteiger partial charge in [0, 0.05) is 13.3 Å². The number of aryl methyl sites for hydroxylation is 1. The SMILES string of the molecule is CC(=O)Oc1ccc(C[C@H]2CCc3ccccc3O2)cc1. The average Bonchev–Trinajstić information content (AvgIpc) is 2.49. The van der Waals surface area contributed by atoms with E-state index in [4.69, 9.17) is 9.47 Å². The van der Waals surface area contributed by atoms with Gasteiger partial charge in [0.05, 0.1) is 0 Å². The Morgan fingerprint density at radius 1 is 1.19 bits per heavy atom. The first-order valence-corrected chi connectivity index (χ1v) is 7.22. The molecule has 0 saturated carbocycles. The summed E-state index contributed by atoms with van der Waals surface area (Å²) >= 11 is 0. The third-order valence-corrected chi connectivity index (χ3v) is 3.65. The van der Waals surface area contributed by atoms with Gasteiger partial charge in [-0.25, -0.2) is 0 Å². The van der Waals surface area contributed by atoms with E-state index in [0.29, 0.717) is 5.75 Å². The molecule has 3 heteroatoms. The molecule has 3 rings (SSSR count). The Morgan fingerprint density at radius 3 is 2.71 bits per heavy atom. The lowest BCUT2D eigenvalue weighted by molar-refractivity contribution is -0.131. The van der Waals surface area contributed by atoms with Crippen LogP contribution in [-0.4, -0.2) is 12.1 Å². The zero-order valence-corrected chi connectivity index (χ0v) is 12.0. The fourth-order valence-electron chi connectivity index (χ4n) is 2.65. The first-order chi connectivity index (χ1) is 10.2. The van der Waals surface area contributed by atoms with Gasteiger partial charge in [-0.15, -0.1) is 0 Å². The van der Waals surface area contributed by atoms with E-state index in [1.54, 1.807) is 0 Å². The van der Waals surface area contributed by atoms with Crippen LogP contribution in [0.4, 0.5) is 0 Å². The Kier molecular flexibility index (Phi) is 3.91. The Bertz CT molecular complexity index is 631. The van der Waals surface area contributed by atoms with Crippen molar-refractivity contribution in [1.82, 2.24) is 0 Å². The summed E-state index contributed by atoms with van der Waals surface area (Å²) in [6.07, 6.45) is 3.17. The fraction of sp³-hybridized carbons (Fsp3) is 0.278. The molecule has 0 radical (unpaired) electrons. The van der Waals surface area contributed by atoms with Crippen molar-refractivity contribution in [3.8, 4) is 11.5 Å². The molecular formula is C18H18O3. The molecule has 1 atom stereocenters. The molecule has 0 saturated heterocycles. The van der Waals surface area contributed by atoms with E-state index in [0.717, 1.165) is 25.0 Å². The van der Waals surface area contributed by atoms with Crippen LogP contribution in [0.25, 0.3) is 0 Å². The molecule has 0 bridgehead atoms. The third kappa shape index (κ3) is 3.43. The molecule has 0 spiro atoms. The molecule has 0 aromatic heterocycles. The molecule has 2 aromatic carbocycles. The summed E-state index contributed by atoms with van der Waals surface area (Å²) in [4.78, 5) is 10.9. The van der Waals surface area contributed by atoms with Crippen LogP contribution in [0, 0.1) is 0 Å². The largest absolute Gasteiger partial charge is 0.490 e. The van der Waals surface area contributed by atoms with Crippen LogP contribution in [0.15, 0.2) is 48.5 Å². The first kappa shape index (κ1) is 13.7. The quantitative estimate of drug-likeness (QED) is 0.638. The standard InChI is InChI=1S/C18H18O3/c1-13(19)20-16-9-6-14(7-10-16)12-17-11-8-15-4-2-3-5-18(15)21-17/h2-7,9-10,17H,8,11-12H2,1H3/t17-/m1/s1. The van der Waals surface area contributed by atoms with Crippen molar-refractivity contribution in [2.24, 2.45) is 0 Å². The summed E-state index contributed by atoms with van der Waals surface area (Å²) in [6, 6.07) is 15.8. The second-order valence-corrected chi connectivity index (χ2v) is 5.33. The lowest BCUT2D eigenvalue weighted by Gasteiger charge is -2.26. The summed E-state index contributed by atoms with van der Waals surface area (Å²) in [5.41, 5.74) is 2.48. The van der Waals surface area contributed by atoms with Crippen molar-refractivity contribution in [2.45, 2.75) is 32.3 Å². The second kappa shape index (κ2) is 6.00. The van der Waals surface area contributed by atoms with Crippen LogP contribution < -0.4 is 9.47 Å². The van der Waals surface area contributed by atoms with Crippen molar-refractivity contribution >= 4 is 5.97 Å². The predicted molar refractivity (Wildman–Crippen MR) is 80.6 cm³/mol. The second-order valence-electron chi connectivity index (χ2n) is 5.33. The van der Waals surface area contributed by atoms with Gasteiger partial charge in [0.2, 0.25) is 0 Å². The van der Waals surface area contributed by atoms with Gasteiger partial charge in [0.25, 0.3) is 0 Å². The number of rotatable bonds is 3. The minimum atomic E-state index is -0.296. The van der Waals surface area contributed by atoms with Crippen molar-refractivity contribution in [2.75, 3.05) is 0 Å². The smallest absolute Gasteiger partial charge is 0.308 e.